The SMILES string of the molecule is CC[C@H](CNC(=O)c1cccc(Br)c1)N1CCCC1. The Hall–Kier alpha value is -0.870. The van der Waals surface area contributed by atoms with Crippen LogP contribution in [-0.4, -0.2) is 36.5 Å². The molecule has 19 heavy (non-hydrogen) atoms. The molecule has 1 amide bonds. The molecule has 1 aliphatic rings. The molecule has 0 aromatic heterocycles. The zero-order valence-corrected chi connectivity index (χ0v) is 12.9. The van der Waals surface area contributed by atoms with Crippen LogP contribution in [-0.2, 0) is 0 Å². The van der Waals surface area contributed by atoms with Crippen LogP contribution in [0, 0.1) is 0 Å². The molecule has 1 aromatic carbocycles. The molecule has 1 fully saturated rings. The van der Waals surface area contributed by atoms with E-state index in [9.17, 15) is 4.79 Å². The molecule has 0 saturated carbocycles. The van der Waals surface area contributed by atoms with Crippen molar-refractivity contribution in [2.45, 2.75) is 32.2 Å². The van der Waals surface area contributed by atoms with Gasteiger partial charge in [0.2, 0.25) is 0 Å². The van der Waals surface area contributed by atoms with Gasteiger partial charge in [0.05, 0.1) is 0 Å². The lowest BCUT2D eigenvalue weighted by molar-refractivity contribution is 0.0937. The number of carbonyl (C=O) groups is 1. The number of amides is 1. The van der Waals surface area contributed by atoms with Crippen molar-refractivity contribution in [3.05, 3.63) is 34.3 Å². The molecule has 1 N–H and O–H groups in total. The number of carbonyl (C=O) groups excluding carboxylic acids is 1. The number of likely N-dealkylation sites (tertiary alicyclic amines) is 1. The number of rotatable bonds is 5. The maximum atomic E-state index is 12.1. The molecule has 1 atom stereocenters. The number of benzene rings is 1. The van der Waals surface area contributed by atoms with Gasteiger partial charge in [-0.25, -0.2) is 0 Å². The van der Waals surface area contributed by atoms with Gasteiger partial charge in [-0.2, -0.15) is 0 Å². The van der Waals surface area contributed by atoms with Crippen LogP contribution in [0.5, 0.6) is 0 Å². The fraction of sp³-hybridized carbons (Fsp3) is 0.533. The highest BCUT2D eigenvalue weighted by molar-refractivity contribution is 9.10. The summed E-state index contributed by atoms with van der Waals surface area (Å²) in [6, 6.07) is 7.98. The van der Waals surface area contributed by atoms with Gasteiger partial charge in [-0.05, 0) is 50.6 Å². The highest BCUT2D eigenvalue weighted by Gasteiger charge is 2.20. The maximum absolute atomic E-state index is 12.1. The Morgan fingerprint density at radius 1 is 1.42 bits per heavy atom. The summed E-state index contributed by atoms with van der Waals surface area (Å²) in [5.41, 5.74) is 0.714. The van der Waals surface area contributed by atoms with E-state index in [-0.39, 0.29) is 5.91 Å². The summed E-state index contributed by atoms with van der Waals surface area (Å²) < 4.78 is 0.937. The minimum Gasteiger partial charge on any atom is -0.350 e. The van der Waals surface area contributed by atoms with Gasteiger partial charge in [0.1, 0.15) is 0 Å². The number of hydrogen-bond donors (Lipinski definition) is 1. The van der Waals surface area contributed by atoms with Crippen LogP contribution < -0.4 is 5.32 Å². The van der Waals surface area contributed by atoms with E-state index in [1.165, 1.54) is 25.9 Å². The fourth-order valence-electron chi connectivity index (χ4n) is 2.58. The Morgan fingerprint density at radius 3 is 2.79 bits per heavy atom. The molecular formula is C15H21BrN2O. The lowest BCUT2D eigenvalue weighted by atomic mass is 10.1. The second-order valence-electron chi connectivity index (χ2n) is 5.03. The van der Waals surface area contributed by atoms with Gasteiger partial charge in [-0.15, -0.1) is 0 Å². The monoisotopic (exact) mass is 324 g/mol. The van der Waals surface area contributed by atoms with E-state index >= 15 is 0 Å². The molecule has 1 aliphatic heterocycles. The van der Waals surface area contributed by atoms with Crippen LogP contribution >= 0.6 is 15.9 Å². The molecule has 4 heteroatoms. The van der Waals surface area contributed by atoms with Gasteiger partial charge in [0.25, 0.3) is 5.91 Å². The number of nitrogens with one attached hydrogen (secondary N) is 1. The van der Waals surface area contributed by atoms with Crippen molar-refractivity contribution >= 4 is 21.8 Å². The summed E-state index contributed by atoms with van der Waals surface area (Å²) in [5, 5.41) is 3.05. The zero-order chi connectivity index (χ0) is 13.7. The standard InChI is InChI=1S/C15H21BrN2O/c1-2-14(18-8-3-4-9-18)11-17-15(19)12-6-5-7-13(16)10-12/h5-7,10,14H,2-4,8-9,11H2,1H3,(H,17,19)/t14-/m1/s1. The Bertz CT molecular complexity index is 430. The van der Waals surface area contributed by atoms with E-state index in [4.69, 9.17) is 0 Å². The number of nitrogens with zero attached hydrogens (tertiary/aromatic N) is 1. The second-order valence-corrected chi connectivity index (χ2v) is 5.94. The Balaban J connectivity index is 1.88. The highest BCUT2D eigenvalue weighted by Crippen LogP contribution is 2.14. The number of halogens is 1. The van der Waals surface area contributed by atoms with Gasteiger partial charge in [-0.1, -0.05) is 28.9 Å². The predicted molar refractivity (Wildman–Crippen MR) is 81.4 cm³/mol. The molecule has 0 spiro atoms. The predicted octanol–water partition coefficient (Wildman–Crippen LogP) is 3.05. The van der Waals surface area contributed by atoms with Gasteiger partial charge in [0, 0.05) is 22.6 Å². The average molecular weight is 325 g/mol. The fourth-order valence-corrected chi connectivity index (χ4v) is 2.98. The van der Waals surface area contributed by atoms with E-state index in [1.54, 1.807) is 0 Å². The number of hydrogen-bond acceptors (Lipinski definition) is 2. The van der Waals surface area contributed by atoms with Gasteiger partial charge >= 0.3 is 0 Å². The van der Waals surface area contributed by atoms with Gasteiger partial charge < -0.3 is 5.32 Å². The summed E-state index contributed by atoms with van der Waals surface area (Å²) in [4.78, 5) is 14.6. The minimum atomic E-state index is 0.0129. The third-order valence-corrected chi connectivity index (χ3v) is 4.21. The molecule has 0 aliphatic carbocycles. The molecule has 0 bridgehead atoms. The first-order valence-corrected chi connectivity index (χ1v) is 7.78. The van der Waals surface area contributed by atoms with Crippen molar-refractivity contribution in [1.82, 2.24) is 10.2 Å². The van der Waals surface area contributed by atoms with Gasteiger partial charge in [-0.3, -0.25) is 9.69 Å². The van der Waals surface area contributed by atoms with E-state index in [0.717, 1.165) is 17.4 Å². The first-order chi connectivity index (χ1) is 9.20. The van der Waals surface area contributed by atoms with Crippen molar-refractivity contribution < 1.29 is 4.79 Å². The normalized spacial score (nSPS) is 17.4. The minimum absolute atomic E-state index is 0.0129. The van der Waals surface area contributed by atoms with Crippen molar-refractivity contribution in [3.8, 4) is 0 Å². The average Bonchev–Trinajstić information content (AvgIpc) is 2.93. The quantitative estimate of drug-likeness (QED) is 0.902. The summed E-state index contributed by atoms with van der Waals surface area (Å²) in [5.74, 6) is 0.0129. The maximum Gasteiger partial charge on any atom is 0.251 e. The van der Waals surface area contributed by atoms with Crippen molar-refractivity contribution in [2.75, 3.05) is 19.6 Å². The second kappa shape index (κ2) is 7.06. The lowest BCUT2D eigenvalue weighted by Gasteiger charge is -2.26. The third kappa shape index (κ3) is 4.05. The molecule has 1 heterocycles. The van der Waals surface area contributed by atoms with Crippen LogP contribution in [0.25, 0.3) is 0 Å². The summed E-state index contributed by atoms with van der Waals surface area (Å²) in [7, 11) is 0. The van der Waals surface area contributed by atoms with Crippen LogP contribution in [0.1, 0.15) is 36.5 Å². The Labute approximate surface area is 123 Å². The lowest BCUT2D eigenvalue weighted by Crippen LogP contribution is -2.42. The van der Waals surface area contributed by atoms with E-state index < -0.39 is 0 Å². The molecule has 0 unspecified atom stereocenters. The summed E-state index contributed by atoms with van der Waals surface area (Å²) in [6.45, 7) is 5.27. The van der Waals surface area contributed by atoms with E-state index in [1.807, 2.05) is 24.3 Å². The highest BCUT2D eigenvalue weighted by atomic mass is 79.9. The van der Waals surface area contributed by atoms with Crippen LogP contribution in [0.4, 0.5) is 0 Å². The van der Waals surface area contributed by atoms with Crippen molar-refractivity contribution in [1.29, 1.82) is 0 Å². The Kier molecular flexibility index (Phi) is 5.40. The van der Waals surface area contributed by atoms with Crippen molar-refractivity contribution in [3.63, 3.8) is 0 Å². The largest absolute Gasteiger partial charge is 0.350 e. The van der Waals surface area contributed by atoms with Crippen LogP contribution in [0.15, 0.2) is 28.7 Å². The first kappa shape index (κ1) is 14.5. The molecule has 1 aromatic rings. The smallest absolute Gasteiger partial charge is 0.251 e. The summed E-state index contributed by atoms with van der Waals surface area (Å²) >= 11 is 3.39. The zero-order valence-electron chi connectivity index (χ0n) is 11.4. The van der Waals surface area contributed by atoms with E-state index in [0.29, 0.717) is 11.6 Å². The van der Waals surface area contributed by atoms with Crippen LogP contribution in [0.2, 0.25) is 0 Å². The molecular weight excluding hydrogens is 304 g/mol. The molecule has 0 radical (unpaired) electrons. The van der Waals surface area contributed by atoms with Crippen LogP contribution in [0.3, 0.4) is 0 Å². The summed E-state index contributed by atoms with van der Waals surface area (Å²) in [6.07, 6.45) is 3.66. The topological polar surface area (TPSA) is 32.3 Å². The third-order valence-electron chi connectivity index (χ3n) is 3.71. The molecule has 3 nitrogen and oxygen atoms in total. The van der Waals surface area contributed by atoms with Gasteiger partial charge in [0.15, 0.2) is 0 Å². The Morgan fingerprint density at radius 2 is 2.16 bits per heavy atom. The molecule has 2 rings (SSSR count). The molecule has 1 saturated heterocycles. The van der Waals surface area contributed by atoms with Crippen molar-refractivity contribution in [2.24, 2.45) is 0 Å². The van der Waals surface area contributed by atoms with E-state index in [2.05, 4.69) is 33.1 Å². The molecule has 104 valence electrons. The first-order valence-electron chi connectivity index (χ1n) is 6.98.